The molecule has 0 N–H and O–H groups in total. The summed E-state index contributed by atoms with van der Waals surface area (Å²) >= 11 is 0. The first kappa shape index (κ1) is 10.8. The fraction of sp³-hybridized carbons (Fsp3) is 0.0714. The van der Waals surface area contributed by atoms with Gasteiger partial charge in [-0.1, -0.05) is 24.3 Å². The average molecular weight is 241 g/mol. The molecule has 2 aromatic rings. The number of fused-ring (bicyclic) bond motifs is 1. The van der Waals surface area contributed by atoms with Crippen molar-refractivity contribution in [3.05, 3.63) is 65.2 Å². The maximum Gasteiger partial charge on any atom is 0.178 e. The maximum absolute atomic E-state index is 13.6. The highest BCUT2D eigenvalue weighted by atomic mass is 19.1. The van der Waals surface area contributed by atoms with E-state index in [9.17, 15) is 14.0 Å². The highest BCUT2D eigenvalue weighted by Crippen LogP contribution is 2.34. The molecule has 0 saturated heterocycles. The summed E-state index contributed by atoms with van der Waals surface area (Å²) in [5.74, 6) is -2.39. The van der Waals surface area contributed by atoms with Crippen LogP contribution >= 0.6 is 0 Å². The number of pyridine rings is 1. The van der Waals surface area contributed by atoms with E-state index in [1.165, 1.54) is 12.3 Å². The van der Waals surface area contributed by atoms with Gasteiger partial charge in [0.1, 0.15) is 11.7 Å². The third-order valence-corrected chi connectivity index (χ3v) is 3.10. The molecule has 0 spiro atoms. The molecule has 0 unspecified atom stereocenters. The topological polar surface area (TPSA) is 47.0 Å². The number of hydrogen-bond donors (Lipinski definition) is 0. The van der Waals surface area contributed by atoms with Crippen molar-refractivity contribution in [2.24, 2.45) is 0 Å². The first-order chi connectivity index (χ1) is 8.70. The number of rotatable bonds is 1. The summed E-state index contributed by atoms with van der Waals surface area (Å²) in [6.07, 6.45) is 2.39. The summed E-state index contributed by atoms with van der Waals surface area (Å²) in [6, 6.07) is 7.94. The number of hydrogen-bond acceptors (Lipinski definition) is 3. The lowest BCUT2D eigenvalue weighted by atomic mass is 9.95. The van der Waals surface area contributed by atoms with Crippen molar-refractivity contribution in [1.82, 2.24) is 4.98 Å². The molecular weight excluding hydrogens is 233 g/mol. The Labute approximate surface area is 102 Å². The molecule has 1 heterocycles. The fourth-order valence-corrected chi connectivity index (χ4v) is 2.25. The second-order valence-electron chi connectivity index (χ2n) is 4.10. The van der Waals surface area contributed by atoms with Gasteiger partial charge in [-0.15, -0.1) is 0 Å². The second-order valence-corrected chi connectivity index (χ2v) is 4.10. The second kappa shape index (κ2) is 3.84. The van der Waals surface area contributed by atoms with Gasteiger partial charge in [0.05, 0.1) is 6.20 Å². The van der Waals surface area contributed by atoms with Crippen molar-refractivity contribution >= 4 is 11.6 Å². The van der Waals surface area contributed by atoms with Crippen molar-refractivity contribution in [1.29, 1.82) is 0 Å². The van der Waals surface area contributed by atoms with Crippen LogP contribution in [-0.2, 0) is 0 Å². The van der Waals surface area contributed by atoms with Gasteiger partial charge < -0.3 is 0 Å². The van der Waals surface area contributed by atoms with E-state index in [1.807, 2.05) is 0 Å². The number of ketones is 2. The van der Waals surface area contributed by atoms with Gasteiger partial charge in [0.2, 0.25) is 0 Å². The lowest BCUT2D eigenvalue weighted by Gasteiger charge is -2.07. The van der Waals surface area contributed by atoms with Gasteiger partial charge in [-0.25, -0.2) is 4.39 Å². The van der Waals surface area contributed by atoms with Gasteiger partial charge in [-0.05, 0) is 6.07 Å². The number of carbonyl (C=O) groups is 2. The molecule has 0 bridgehead atoms. The average Bonchev–Trinajstić information content (AvgIpc) is 2.64. The van der Waals surface area contributed by atoms with Crippen LogP contribution in [0.1, 0.15) is 32.2 Å². The van der Waals surface area contributed by atoms with E-state index in [-0.39, 0.29) is 17.1 Å². The molecule has 0 atom stereocenters. The van der Waals surface area contributed by atoms with Crippen molar-refractivity contribution < 1.29 is 14.0 Å². The van der Waals surface area contributed by atoms with E-state index < -0.39 is 11.7 Å². The van der Waals surface area contributed by atoms with Gasteiger partial charge in [-0.2, -0.15) is 0 Å². The lowest BCUT2D eigenvalue weighted by Crippen LogP contribution is -2.14. The summed E-state index contributed by atoms with van der Waals surface area (Å²) in [5, 5.41) is 0. The standard InChI is InChI=1S/C14H8FNO2/c15-11-7-16-6-5-10(11)12-13(17)8-3-1-2-4-9(8)14(12)18/h1-7,12H. The van der Waals surface area contributed by atoms with E-state index in [0.717, 1.165) is 6.20 Å². The molecule has 3 rings (SSSR count). The monoisotopic (exact) mass is 241 g/mol. The molecular formula is C14H8FNO2. The summed E-state index contributed by atoms with van der Waals surface area (Å²) in [4.78, 5) is 27.9. The molecule has 1 aliphatic rings. The van der Waals surface area contributed by atoms with Gasteiger partial charge in [0.25, 0.3) is 0 Å². The number of Topliss-reactive ketones (excluding diaryl/α,β-unsaturated/α-hetero) is 2. The third kappa shape index (κ3) is 1.39. The van der Waals surface area contributed by atoms with Crippen LogP contribution in [0.15, 0.2) is 42.7 Å². The Kier molecular flexibility index (Phi) is 2.30. The van der Waals surface area contributed by atoms with Crippen LogP contribution in [0.2, 0.25) is 0 Å². The van der Waals surface area contributed by atoms with Crippen LogP contribution in [0.25, 0.3) is 0 Å². The Bertz CT molecular complexity index is 631. The minimum absolute atomic E-state index is 0.0937. The molecule has 0 saturated carbocycles. The zero-order valence-electron chi connectivity index (χ0n) is 9.26. The van der Waals surface area contributed by atoms with Crippen molar-refractivity contribution in [2.75, 3.05) is 0 Å². The van der Waals surface area contributed by atoms with E-state index in [0.29, 0.717) is 11.1 Å². The van der Waals surface area contributed by atoms with Crippen molar-refractivity contribution in [3.63, 3.8) is 0 Å². The van der Waals surface area contributed by atoms with Crippen LogP contribution < -0.4 is 0 Å². The van der Waals surface area contributed by atoms with Crippen LogP contribution in [0, 0.1) is 5.82 Å². The van der Waals surface area contributed by atoms with E-state index in [2.05, 4.69) is 4.98 Å². The Hall–Kier alpha value is -2.36. The van der Waals surface area contributed by atoms with E-state index >= 15 is 0 Å². The number of benzene rings is 1. The third-order valence-electron chi connectivity index (χ3n) is 3.10. The lowest BCUT2D eigenvalue weighted by molar-refractivity contribution is 0.0887. The predicted octanol–water partition coefficient (Wildman–Crippen LogP) is 2.38. The number of nitrogens with zero attached hydrogens (tertiary/aromatic N) is 1. The van der Waals surface area contributed by atoms with Gasteiger partial charge in [0, 0.05) is 22.9 Å². The highest BCUT2D eigenvalue weighted by molar-refractivity contribution is 6.29. The Balaban J connectivity index is 2.16. The van der Waals surface area contributed by atoms with Crippen LogP contribution in [0.3, 0.4) is 0 Å². The largest absolute Gasteiger partial charge is 0.293 e. The van der Waals surface area contributed by atoms with Gasteiger partial charge >= 0.3 is 0 Å². The molecule has 0 fully saturated rings. The number of carbonyl (C=O) groups excluding carboxylic acids is 2. The maximum atomic E-state index is 13.6. The van der Waals surface area contributed by atoms with E-state index in [1.54, 1.807) is 24.3 Å². The zero-order valence-corrected chi connectivity index (χ0v) is 9.26. The minimum atomic E-state index is -1.06. The number of aromatic nitrogens is 1. The molecule has 88 valence electrons. The molecule has 3 nitrogen and oxygen atoms in total. The van der Waals surface area contributed by atoms with Crippen LogP contribution in [-0.4, -0.2) is 16.6 Å². The van der Waals surface area contributed by atoms with Crippen molar-refractivity contribution in [3.8, 4) is 0 Å². The molecule has 0 radical (unpaired) electrons. The van der Waals surface area contributed by atoms with Gasteiger partial charge in [-0.3, -0.25) is 14.6 Å². The minimum Gasteiger partial charge on any atom is -0.293 e. The van der Waals surface area contributed by atoms with Crippen molar-refractivity contribution in [2.45, 2.75) is 5.92 Å². The fourth-order valence-electron chi connectivity index (χ4n) is 2.25. The van der Waals surface area contributed by atoms with Gasteiger partial charge in [0.15, 0.2) is 11.6 Å². The Morgan fingerprint density at radius 3 is 2.17 bits per heavy atom. The Morgan fingerprint density at radius 2 is 1.61 bits per heavy atom. The summed E-state index contributed by atoms with van der Waals surface area (Å²) in [7, 11) is 0. The number of halogens is 1. The van der Waals surface area contributed by atoms with E-state index in [4.69, 9.17) is 0 Å². The SMILES string of the molecule is O=C1c2ccccc2C(=O)C1c1ccncc1F. The molecule has 1 aliphatic carbocycles. The molecule has 4 heteroatoms. The molecule has 0 aliphatic heterocycles. The molecule has 1 aromatic heterocycles. The molecule has 1 aromatic carbocycles. The first-order valence-corrected chi connectivity index (χ1v) is 5.47. The van der Waals surface area contributed by atoms with Crippen LogP contribution in [0.4, 0.5) is 4.39 Å². The summed E-state index contributed by atoms with van der Waals surface area (Å²) < 4.78 is 13.6. The summed E-state index contributed by atoms with van der Waals surface area (Å²) in [5.41, 5.74) is 0.823. The molecule has 18 heavy (non-hydrogen) atoms. The van der Waals surface area contributed by atoms with Crippen LogP contribution in [0.5, 0.6) is 0 Å². The first-order valence-electron chi connectivity index (χ1n) is 5.47. The Morgan fingerprint density at radius 1 is 1.00 bits per heavy atom. The zero-order chi connectivity index (χ0) is 12.7. The normalized spacial score (nSPS) is 14.9. The smallest absolute Gasteiger partial charge is 0.178 e. The quantitative estimate of drug-likeness (QED) is 0.720. The summed E-state index contributed by atoms with van der Waals surface area (Å²) in [6.45, 7) is 0. The predicted molar refractivity (Wildman–Crippen MR) is 62.0 cm³/mol. The molecule has 0 amide bonds. The highest BCUT2D eigenvalue weighted by Gasteiger charge is 2.40.